The van der Waals surface area contributed by atoms with Gasteiger partial charge >= 0.3 is 0 Å². The lowest BCUT2D eigenvalue weighted by atomic mass is 9.80. The number of nitrogens with two attached hydrogens (primary N) is 1. The molecule has 2 N–H and O–H groups in total. The van der Waals surface area contributed by atoms with E-state index in [2.05, 4.69) is 11.8 Å². The summed E-state index contributed by atoms with van der Waals surface area (Å²) in [6.45, 7) is 4.84. The molecule has 2 bridgehead atoms. The van der Waals surface area contributed by atoms with Gasteiger partial charge in [-0.05, 0) is 38.8 Å². The highest BCUT2D eigenvalue weighted by Crippen LogP contribution is 2.30. The molecule has 0 saturated carbocycles. The van der Waals surface area contributed by atoms with Gasteiger partial charge in [0.25, 0.3) is 0 Å². The molecule has 2 nitrogen and oxygen atoms in total. The summed E-state index contributed by atoms with van der Waals surface area (Å²) in [5, 5.41) is 0. The van der Waals surface area contributed by atoms with E-state index in [0.717, 1.165) is 5.92 Å². The Hall–Kier alpha value is 0.500. The Morgan fingerprint density at radius 3 is 1.92 bits per heavy atom. The molecule has 12 heavy (non-hydrogen) atoms. The van der Waals surface area contributed by atoms with Crippen molar-refractivity contribution in [3.05, 3.63) is 0 Å². The molecular formula is C8H18Cl2N2. The van der Waals surface area contributed by atoms with E-state index in [-0.39, 0.29) is 24.8 Å². The summed E-state index contributed by atoms with van der Waals surface area (Å²) < 4.78 is 0. The number of rotatable bonds is 0. The summed E-state index contributed by atoms with van der Waals surface area (Å²) in [5.41, 5.74) is 6.02. The average molecular weight is 213 g/mol. The predicted molar refractivity (Wildman–Crippen MR) is 56.2 cm³/mol. The second kappa shape index (κ2) is 4.66. The molecule has 3 heterocycles. The van der Waals surface area contributed by atoms with Crippen molar-refractivity contribution in [3.63, 3.8) is 0 Å². The summed E-state index contributed by atoms with van der Waals surface area (Å²) in [7, 11) is 0. The Kier molecular flexibility index (Phi) is 4.85. The topological polar surface area (TPSA) is 29.3 Å². The van der Waals surface area contributed by atoms with Gasteiger partial charge in [0, 0.05) is 12.1 Å². The molecule has 4 heteroatoms. The van der Waals surface area contributed by atoms with Gasteiger partial charge in [-0.3, -0.25) is 4.90 Å². The van der Waals surface area contributed by atoms with Crippen molar-refractivity contribution in [1.29, 1.82) is 0 Å². The van der Waals surface area contributed by atoms with Crippen LogP contribution in [0.25, 0.3) is 0 Å². The molecular weight excluding hydrogens is 195 g/mol. The molecule has 0 aromatic carbocycles. The maximum Gasteiger partial charge on any atom is 0.0223 e. The summed E-state index contributed by atoms with van der Waals surface area (Å²) >= 11 is 0. The Morgan fingerprint density at radius 1 is 1.17 bits per heavy atom. The summed E-state index contributed by atoms with van der Waals surface area (Å²) in [6.07, 6.45) is 2.68. The Morgan fingerprint density at radius 2 is 1.67 bits per heavy atom. The second-order valence-electron chi connectivity index (χ2n) is 3.69. The Labute approximate surface area is 86.7 Å². The summed E-state index contributed by atoms with van der Waals surface area (Å²) in [5.74, 6) is 0.833. The fraction of sp³-hybridized carbons (Fsp3) is 1.00. The number of hydrogen-bond acceptors (Lipinski definition) is 2. The van der Waals surface area contributed by atoms with Gasteiger partial charge in [-0.2, -0.15) is 0 Å². The van der Waals surface area contributed by atoms with Crippen molar-refractivity contribution < 1.29 is 0 Å². The van der Waals surface area contributed by atoms with Crippen molar-refractivity contribution in [2.45, 2.75) is 31.8 Å². The number of halogens is 2. The van der Waals surface area contributed by atoms with Gasteiger partial charge < -0.3 is 5.73 Å². The smallest absolute Gasteiger partial charge is 0.0223 e. The molecule has 2 atom stereocenters. The highest BCUT2D eigenvalue weighted by molar-refractivity contribution is 5.85. The van der Waals surface area contributed by atoms with Gasteiger partial charge in [0.05, 0.1) is 0 Å². The van der Waals surface area contributed by atoms with Crippen LogP contribution in [0.15, 0.2) is 0 Å². The molecule has 3 rings (SSSR count). The zero-order chi connectivity index (χ0) is 7.14. The number of nitrogens with zero attached hydrogens (tertiary/aromatic N) is 1. The fourth-order valence-electron chi connectivity index (χ4n) is 2.35. The lowest BCUT2D eigenvalue weighted by Crippen LogP contribution is -2.59. The summed E-state index contributed by atoms with van der Waals surface area (Å²) in [6, 6.07) is 1.11. The molecule has 74 valence electrons. The van der Waals surface area contributed by atoms with Gasteiger partial charge in [-0.1, -0.05) is 0 Å². The SMILES string of the molecule is CC1C(N)C2CCN1CC2.Cl.Cl. The third-order valence-corrected chi connectivity index (χ3v) is 3.25. The van der Waals surface area contributed by atoms with Crippen LogP contribution < -0.4 is 5.73 Å². The van der Waals surface area contributed by atoms with Crippen LogP contribution in [0.5, 0.6) is 0 Å². The minimum absolute atomic E-state index is 0. The summed E-state index contributed by atoms with van der Waals surface area (Å²) in [4.78, 5) is 2.52. The van der Waals surface area contributed by atoms with Crippen LogP contribution in [0.4, 0.5) is 0 Å². The van der Waals surface area contributed by atoms with Crippen LogP contribution in [0.3, 0.4) is 0 Å². The van der Waals surface area contributed by atoms with Crippen molar-refractivity contribution >= 4 is 24.8 Å². The number of piperidine rings is 3. The van der Waals surface area contributed by atoms with Crippen molar-refractivity contribution in [2.24, 2.45) is 11.7 Å². The standard InChI is InChI=1S/C8H16N2.2ClH/c1-6-8(9)7-2-4-10(6)5-3-7;;/h6-8H,2-5,9H2,1H3;2*1H. The fourth-order valence-corrected chi connectivity index (χ4v) is 2.35. The first kappa shape index (κ1) is 12.5. The van der Waals surface area contributed by atoms with Gasteiger partial charge in [0.2, 0.25) is 0 Å². The zero-order valence-corrected chi connectivity index (χ0v) is 9.03. The number of hydrogen-bond donors (Lipinski definition) is 1. The van der Waals surface area contributed by atoms with Crippen molar-refractivity contribution in [2.75, 3.05) is 13.1 Å². The Balaban J connectivity index is 0.000000605. The highest BCUT2D eigenvalue weighted by atomic mass is 35.5. The van der Waals surface area contributed by atoms with Gasteiger partial charge in [-0.15, -0.1) is 24.8 Å². The van der Waals surface area contributed by atoms with Crippen molar-refractivity contribution in [1.82, 2.24) is 4.90 Å². The van der Waals surface area contributed by atoms with E-state index in [4.69, 9.17) is 5.73 Å². The van der Waals surface area contributed by atoms with Crippen LogP contribution in [0.2, 0.25) is 0 Å². The van der Waals surface area contributed by atoms with Crippen LogP contribution in [-0.2, 0) is 0 Å². The van der Waals surface area contributed by atoms with E-state index in [1.807, 2.05) is 0 Å². The van der Waals surface area contributed by atoms with Crippen molar-refractivity contribution in [3.8, 4) is 0 Å². The molecule has 0 aromatic heterocycles. The van der Waals surface area contributed by atoms with E-state index in [0.29, 0.717) is 12.1 Å². The lowest BCUT2D eigenvalue weighted by molar-refractivity contribution is 0.0380. The molecule has 3 fully saturated rings. The average Bonchev–Trinajstić information content (AvgIpc) is 2.00. The van der Waals surface area contributed by atoms with E-state index < -0.39 is 0 Å². The Bertz CT molecular complexity index is 115. The molecule has 0 aliphatic carbocycles. The lowest BCUT2D eigenvalue weighted by Gasteiger charge is -2.48. The normalized spacial score (nSPS) is 44.5. The van der Waals surface area contributed by atoms with E-state index in [1.54, 1.807) is 0 Å². The second-order valence-corrected chi connectivity index (χ2v) is 3.69. The zero-order valence-electron chi connectivity index (χ0n) is 7.40. The first-order chi connectivity index (χ1) is 4.79. The molecule has 3 aliphatic heterocycles. The van der Waals surface area contributed by atoms with E-state index in [1.165, 1.54) is 25.9 Å². The highest BCUT2D eigenvalue weighted by Gasteiger charge is 2.37. The van der Waals surface area contributed by atoms with Gasteiger partial charge in [0.1, 0.15) is 0 Å². The van der Waals surface area contributed by atoms with Crippen LogP contribution >= 0.6 is 24.8 Å². The molecule has 3 saturated heterocycles. The quantitative estimate of drug-likeness (QED) is 0.656. The van der Waals surface area contributed by atoms with Crippen LogP contribution in [-0.4, -0.2) is 30.1 Å². The minimum Gasteiger partial charge on any atom is -0.326 e. The molecule has 0 amide bonds. The largest absolute Gasteiger partial charge is 0.326 e. The van der Waals surface area contributed by atoms with Gasteiger partial charge in [-0.25, -0.2) is 0 Å². The maximum absolute atomic E-state index is 6.02. The third kappa shape index (κ3) is 1.87. The molecule has 3 aliphatic rings. The van der Waals surface area contributed by atoms with E-state index >= 15 is 0 Å². The van der Waals surface area contributed by atoms with Crippen LogP contribution in [0, 0.1) is 5.92 Å². The molecule has 0 aromatic rings. The molecule has 0 radical (unpaired) electrons. The van der Waals surface area contributed by atoms with Gasteiger partial charge in [0.15, 0.2) is 0 Å². The maximum atomic E-state index is 6.02. The van der Waals surface area contributed by atoms with E-state index in [9.17, 15) is 0 Å². The first-order valence-corrected chi connectivity index (χ1v) is 4.28. The monoisotopic (exact) mass is 212 g/mol. The van der Waals surface area contributed by atoms with Crippen LogP contribution in [0.1, 0.15) is 19.8 Å². The first-order valence-electron chi connectivity index (χ1n) is 4.28. The third-order valence-electron chi connectivity index (χ3n) is 3.25. The number of fused-ring (bicyclic) bond motifs is 3. The minimum atomic E-state index is 0. The molecule has 2 unspecified atom stereocenters. The predicted octanol–water partition coefficient (Wildman–Crippen LogP) is 1.27. The molecule has 0 spiro atoms.